The van der Waals surface area contributed by atoms with Crippen LogP contribution in [-0.2, 0) is 16.1 Å². The van der Waals surface area contributed by atoms with Crippen molar-refractivity contribution in [3.63, 3.8) is 0 Å². The molecule has 2 amide bonds. The van der Waals surface area contributed by atoms with Gasteiger partial charge in [-0.2, -0.15) is 0 Å². The molecule has 2 aromatic heterocycles. The molecule has 3 heterocycles. The van der Waals surface area contributed by atoms with E-state index < -0.39 is 0 Å². The number of ether oxygens (including phenoxy) is 1. The highest BCUT2D eigenvalue weighted by Crippen LogP contribution is 2.27. The summed E-state index contributed by atoms with van der Waals surface area (Å²) in [5.41, 5.74) is 1.40. The van der Waals surface area contributed by atoms with Gasteiger partial charge in [0, 0.05) is 19.7 Å². The number of hydrogen-bond donors (Lipinski definition) is 1. The lowest BCUT2D eigenvalue weighted by Gasteiger charge is -2.21. The van der Waals surface area contributed by atoms with Crippen molar-refractivity contribution in [2.45, 2.75) is 39.3 Å². The largest absolute Gasteiger partial charge is 0.376 e. The molecule has 1 aliphatic rings. The molecule has 1 saturated heterocycles. The fraction of sp³-hybridized carbons (Fsp3) is 0.444. The first-order valence-electron chi connectivity index (χ1n) is 8.60. The predicted molar refractivity (Wildman–Crippen MR) is 99.3 cm³/mol. The van der Waals surface area contributed by atoms with E-state index in [4.69, 9.17) is 4.74 Å². The second kappa shape index (κ2) is 8.37. The number of anilines is 1. The summed E-state index contributed by atoms with van der Waals surface area (Å²) < 4.78 is 5.62. The Morgan fingerprint density at radius 2 is 2.27 bits per heavy atom. The molecule has 2 aromatic rings. The third-order valence-electron chi connectivity index (χ3n) is 4.17. The normalized spacial score (nSPS) is 16.5. The Morgan fingerprint density at radius 3 is 2.92 bits per heavy atom. The Kier molecular flexibility index (Phi) is 5.95. The molecule has 0 aromatic carbocycles. The Morgan fingerprint density at radius 1 is 1.42 bits per heavy atom. The minimum Gasteiger partial charge on any atom is -0.376 e. The van der Waals surface area contributed by atoms with Gasteiger partial charge in [0.05, 0.1) is 30.6 Å². The first-order valence-corrected chi connectivity index (χ1v) is 9.41. The maximum Gasteiger partial charge on any atom is 0.263 e. The van der Waals surface area contributed by atoms with Gasteiger partial charge in [-0.05, 0) is 31.9 Å². The third-order valence-corrected chi connectivity index (χ3v) is 5.35. The lowest BCUT2D eigenvalue weighted by molar-refractivity contribution is -0.116. The Bertz CT molecular complexity index is 772. The summed E-state index contributed by atoms with van der Waals surface area (Å²) in [4.78, 5) is 35.3. The van der Waals surface area contributed by atoms with E-state index in [9.17, 15) is 9.59 Å². The van der Waals surface area contributed by atoms with Crippen molar-refractivity contribution in [2.75, 3.05) is 18.1 Å². The number of rotatable bonds is 6. The number of carbonyl (C=O) groups is 2. The van der Waals surface area contributed by atoms with Crippen molar-refractivity contribution in [2.24, 2.45) is 0 Å². The summed E-state index contributed by atoms with van der Waals surface area (Å²) in [5.74, 6) is -0.313. The van der Waals surface area contributed by atoms with Gasteiger partial charge in [-0.3, -0.25) is 19.5 Å². The topological polar surface area (TPSA) is 84.4 Å². The highest BCUT2D eigenvalue weighted by molar-refractivity contribution is 7.17. The van der Waals surface area contributed by atoms with E-state index >= 15 is 0 Å². The lowest BCUT2D eigenvalue weighted by Crippen LogP contribution is -2.35. The van der Waals surface area contributed by atoms with Gasteiger partial charge in [0.2, 0.25) is 5.91 Å². The summed E-state index contributed by atoms with van der Waals surface area (Å²) in [7, 11) is 0. The van der Waals surface area contributed by atoms with E-state index in [0.29, 0.717) is 28.8 Å². The number of aromatic nitrogens is 2. The van der Waals surface area contributed by atoms with Gasteiger partial charge in [0.25, 0.3) is 5.91 Å². The Balaban J connectivity index is 1.69. The highest BCUT2D eigenvalue weighted by atomic mass is 32.1. The van der Waals surface area contributed by atoms with E-state index in [1.54, 1.807) is 18.0 Å². The van der Waals surface area contributed by atoms with Crippen molar-refractivity contribution in [3.05, 3.63) is 40.7 Å². The molecule has 138 valence electrons. The zero-order valence-corrected chi connectivity index (χ0v) is 15.7. The molecule has 0 aliphatic carbocycles. The summed E-state index contributed by atoms with van der Waals surface area (Å²) in [6.07, 6.45) is 3.66. The van der Waals surface area contributed by atoms with Crippen LogP contribution in [0.2, 0.25) is 0 Å². The van der Waals surface area contributed by atoms with E-state index in [1.165, 1.54) is 18.3 Å². The zero-order valence-electron chi connectivity index (χ0n) is 14.9. The molecule has 1 aliphatic heterocycles. The molecule has 0 radical (unpaired) electrons. The summed E-state index contributed by atoms with van der Waals surface area (Å²) in [6.45, 7) is 4.83. The van der Waals surface area contributed by atoms with Crippen LogP contribution in [-0.4, -0.2) is 41.0 Å². The van der Waals surface area contributed by atoms with Gasteiger partial charge in [-0.25, -0.2) is 4.98 Å². The monoisotopic (exact) mass is 374 g/mol. The SMILES string of the molecule is CC(=O)N(C[C@H]1CCCO1)c1nc(C)c(C(=O)NCc2ccccn2)s1. The average molecular weight is 374 g/mol. The van der Waals surface area contributed by atoms with E-state index in [1.807, 2.05) is 18.2 Å². The molecule has 0 unspecified atom stereocenters. The van der Waals surface area contributed by atoms with E-state index in [-0.39, 0.29) is 17.9 Å². The van der Waals surface area contributed by atoms with Crippen molar-refractivity contribution in [3.8, 4) is 0 Å². The first-order chi connectivity index (χ1) is 12.5. The van der Waals surface area contributed by atoms with Gasteiger partial charge in [-0.1, -0.05) is 17.4 Å². The van der Waals surface area contributed by atoms with Crippen molar-refractivity contribution < 1.29 is 14.3 Å². The van der Waals surface area contributed by atoms with Crippen LogP contribution in [0.15, 0.2) is 24.4 Å². The van der Waals surface area contributed by atoms with Crippen LogP contribution in [0.1, 0.15) is 40.8 Å². The molecule has 0 bridgehead atoms. The first kappa shape index (κ1) is 18.5. The summed E-state index contributed by atoms with van der Waals surface area (Å²) >= 11 is 1.23. The number of nitrogens with one attached hydrogen (secondary N) is 1. The smallest absolute Gasteiger partial charge is 0.263 e. The predicted octanol–water partition coefficient (Wildman–Crippen LogP) is 2.31. The van der Waals surface area contributed by atoms with Gasteiger partial charge in [0.15, 0.2) is 5.13 Å². The van der Waals surface area contributed by atoms with Crippen LogP contribution in [0.3, 0.4) is 0 Å². The maximum absolute atomic E-state index is 12.5. The van der Waals surface area contributed by atoms with E-state index in [0.717, 1.165) is 25.1 Å². The van der Waals surface area contributed by atoms with Crippen LogP contribution >= 0.6 is 11.3 Å². The molecule has 1 atom stereocenters. The average Bonchev–Trinajstić information content (AvgIpc) is 3.27. The molecular weight excluding hydrogens is 352 g/mol. The van der Waals surface area contributed by atoms with Crippen molar-refractivity contribution in [1.82, 2.24) is 15.3 Å². The maximum atomic E-state index is 12.5. The number of pyridine rings is 1. The minimum absolute atomic E-state index is 0.0320. The number of aryl methyl sites for hydroxylation is 1. The van der Waals surface area contributed by atoms with Crippen molar-refractivity contribution >= 4 is 28.3 Å². The van der Waals surface area contributed by atoms with Crippen LogP contribution < -0.4 is 10.2 Å². The zero-order chi connectivity index (χ0) is 18.5. The fourth-order valence-corrected chi connectivity index (χ4v) is 3.83. The van der Waals surface area contributed by atoms with Crippen LogP contribution in [0.25, 0.3) is 0 Å². The number of thiazole rings is 1. The summed E-state index contributed by atoms with van der Waals surface area (Å²) in [5, 5.41) is 3.39. The molecule has 1 fully saturated rings. The fourth-order valence-electron chi connectivity index (χ4n) is 2.80. The van der Waals surface area contributed by atoms with E-state index in [2.05, 4.69) is 15.3 Å². The van der Waals surface area contributed by atoms with Crippen LogP contribution in [0.5, 0.6) is 0 Å². The van der Waals surface area contributed by atoms with Crippen LogP contribution in [0, 0.1) is 6.92 Å². The summed E-state index contributed by atoms with van der Waals surface area (Å²) in [6, 6.07) is 5.56. The van der Waals surface area contributed by atoms with Crippen LogP contribution in [0.4, 0.5) is 5.13 Å². The molecule has 26 heavy (non-hydrogen) atoms. The molecular formula is C18H22N4O3S. The lowest BCUT2D eigenvalue weighted by atomic mass is 10.2. The molecule has 8 heteroatoms. The highest BCUT2D eigenvalue weighted by Gasteiger charge is 2.26. The second-order valence-electron chi connectivity index (χ2n) is 6.18. The standard InChI is InChI=1S/C18H22N4O3S/c1-12-16(17(24)20-10-14-6-3-4-8-19-14)26-18(21-12)22(13(2)23)11-15-7-5-9-25-15/h3-4,6,8,15H,5,7,9-11H2,1-2H3,(H,20,24)/t15-/m1/s1. The van der Waals surface area contributed by atoms with Gasteiger partial charge < -0.3 is 10.1 Å². The molecule has 3 rings (SSSR count). The number of nitrogens with zero attached hydrogens (tertiary/aromatic N) is 3. The Labute approximate surface area is 156 Å². The molecule has 0 spiro atoms. The van der Waals surface area contributed by atoms with Gasteiger partial charge in [-0.15, -0.1) is 0 Å². The minimum atomic E-state index is -0.211. The molecule has 0 saturated carbocycles. The number of amides is 2. The number of hydrogen-bond acceptors (Lipinski definition) is 6. The van der Waals surface area contributed by atoms with Gasteiger partial charge >= 0.3 is 0 Å². The Hall–Kier alpha value is -2.32. The number of carbonyl (C=O) groups excluding carboxylic acids is 2. The third kappa shape index (κ3) is 4.44. The molecule has 1 N–H and O–H groups in total. The van der Waals surface area contributed by atoms with Gasteiger partial charge in [0.1, 0.15) is 4.88 Å². The second-order valence-corrected chi connectivity index (χ2v) is 7.16. The molecule has 7 nitrogen and oxygen atoms in total. The van der Waals surface area contributed by atoms with Crippen molar-refractivity contribution in [1.29, 1.82) is 0 Å². The quantitative estimate of drug-likeness (QED) is 0.839.